The highest BCUT2D eigenvalue weighted by Crippen LogP contribution is 2.27. The Hall–Kier alpha value is -1.15. The molecule has 4 nitrogen and oxygen atoms in total. The number of carbonyl (C=O) groups is 1. The maximum Gasteiger partial charge on any atom is 0.276 e. The van der Waals surface area contributed by atoms with Crippen molar-refractivity contribution in [3.8, 4) is 5.75 Å². The van der Waals surface area contributed by atoms with E-state index in [1.165, 1.54) is 6.42 Å². The van der Waals surface area contributed by atoms with Gasteiger partial charge in [0.25, 0.3) is 5.91 Å². The van der Waals surface area contributed by atoms with E-state index in [2.05, 4.69) is 27.9 Å². The molecule has 1 aromatic carbocycles. The molecule has 6 heteroatoms. The van der Waals surface area contributed by atoms with Crippen molar-refractivity contribution < 1.29 is 9.90 Å². The molecular weight excluding hydrogens is 411 g/mol. The highest BCUT2D eigenvalue weighted by Gasteiger charge is 2.36. The Balaban J connectivity index is 1.83. The van der Waals surface area contributed by atoms with E-state index < -0.39 is 0 Å². The summed E-state index contributed by atoms with van der Waals surface area (Å²) in [4.78, 5) is 14.4. The summed E-state index contributed by atoms with van der Waals surface area (Å²) in [7, 11) is 0. The molecule has 1 aromatic rings. The molecule has 1 aliphatic carbocycles. The number of benzene rings is 1. The zero-order valence-electron chi connectivity index (χ0n) is 12.0. The van der Waals surface area contributed by atoms with Crippen molar-refractivity contribution in [2.24, 2.45) is 0 Å². The third-order valence-corrected chi connectivity index (χ3v) is 5.29. The van der Waals surface area contributed by atoms with Crippen LogP contribution in [0, 0.1) is 3.57 Å². The molecule has 1 heterocycles. The summed E-state index contributed by atoms with van der Waals surface area (Å²) >= 11 is 7.41. The molecule has 1 amide bonds. The molecular formula is C16H17IN2O2S. The number of carbonyl (C=O) groups excluding carboxylic acids is 1. The SMILES string of the molecule is O=C1/C(=C/c2ccc(O)c(I)c2)NC(=S)N1C1CCCCC1. The van der Waals surface area contributed by atoms with Crippen molar-refractivity contribution in [3.63, 3.8) is 0 Å². The minimum absolute atomic E-state index is 0.0417. The average Bonchev–Trinajstić information content (AvgIpc) is 2.78. The Kier molecular flexibility index (Phi) is 4.67. The number of rotatable bonds is 2. The van der Waals surface area contributed by atoms with E-state index in [0.717, 1.165) is 34.8 Å². The second-order valence-electron chi connectivity index (χ2n) is 5.67. The Bertz CT molecular complexity index is 654. The molecule has 1 aliphatic heterocycles. The number of phenolic OH excluding ortho intramolecular Hbond substituents is 1. The summed E-state index contributed by atoms with van der Waals surface area (Å²) in [5.74, 6) is 0.202. The first-order valence-electron chi connectivity index (χ1n) is 7.41. The lowest BCUT2D eigenvalue weighted by molar-refractivity contribution is -0.124. The number of nitrogens with zero attached hydrogens (tertiary/aromatic N) is 1. The van der Waals surface area contributed by atoms with Crippen LogP contribution in [-0.4, -0.2) is 27.1 Å². The van der Waals surface area contributed by atoms with E-state index in [9.17, 15) is 9.90 Å². The lowest BCUT2D eigenvalue weighted by Crippen LogP contribution is -2.41. The number of thiocarbonyl (C=S) groups is 1. The standard InChI is InChI=1S/C16H17IN2O2S/c17-12-8-10(6-7-14(12)20)9-13-15(21)19(16(22)18-13)11-4-2-1-3-5-11/h6-9,11,20H,1-5H2,(H,18,22)/b13-9-. The minimum Gasteiger partial charge on any atom is -0.507 e. The molecule has 2 aliphatic rings. The summed E-state index contributed by atoms with van der Waals surface area (Å²) in [5.41, 5.74) is 1.38. The van der Waals surface area contributed by atoms with Gasteiger partial charge < -0.3 is 10.4 Å². The average molecular weight is 428 g/mol. The first-order valence-corrected chi connectivity index (χ1v) is 8.90. The van der Waals surface area contributed by atoms with E-state index >= 15 is 0 Å². The molecule has 0 radical (unpaired) electrons. The van der Waals surface area contributed by atoms with Gasteiger partial charge in [0, 0.05) is 6.04 Å². The fourth-order valence-corrected chi connectivity index (χ4v) is 3.88. The molecule has 1 saturated heterocycles. The summed E-state index contributed by atoms with van der Waals surface area (Å²) < 4.78 is 0.754. The van der Waals surface area contributed by atoms with Crippen molar-refractivity contribution in [1.29, 1.82) is 0 Å². The predicted molar refractivity (Wildman–Crippen MR) is 98.3 cm³/mol. The zero-order chi connectivity index (χ0) is 15.7. The van der Waals surface area contributed by atoms with Crippen molar-refractivity contribution >= 4 is 51.9 Å². The van der Waals surface area contributed by atoms with Crippen LogP contribution in [0.2, 0.25) is 0 Å². The molecule has 2 fully saturated rings. The van der Waals surface area contributed by atoms with Gasteiger partial charge in [0.2, 0.25) is 0 Å². The summed E-state index contributed by atoms with van der Waals surface area (Å²) in [5, 5.41) is 13.1. The van der Waals surface area contributed by atoms with Gasteiger partial charge in [-0.2, -0.15) is 0 Å². The fourth-order valence-electron chi connectivity index (χ4n) is 3.00. The van der Waals surface area contributed by atoms with Crippen LogP contribution in [0.3, 0.4) is 0 Å². The van der Waals surface area contributed by atoms with Crippen LogP contribution in [0.15, 0.2) is 23.9 Å². The topological polar surface area (TPSA) is 52.6 Å². The normalized spacial score (nSPS) is 21.5. The van der Waals surface area contributed by atoms with Gasteiger partial charge >= 0.3 is 0 Å². The highest BCUT2D eigenvalue weighted by molar-refractivity contribution is 14.1. The van der Waals surface area contributed by atoms with Gasteiger partial charge in [-0.25, -0.2) is 0 Å². The van der Waals surface area contributed by atoms with Crippen molar-refractivity contribution in [1.82, 2.24) is 10.2 Å². The summed E-state index contributed by atoms with van der Waals surface area (Å²) in [6.45, 7) is 0. The molecule has 0 spiro atoms. The van der Waals surface area contributed by atoms with Gasteiger partial charge in [-0.1, -0.05) is 25.3 Å². The maximum absolute atomic E-state index is 12.6. The van der Waals surface area contributed by atoms with Gasteiger partial charge in [-0.05, 0) is 71.4 Å². The van der Waals surface area contributed by atoms with Crippen LogP contribution in [0.1, 0.15) is 37.7 Å². The summed E-state index contributed by atoms with van der Waals surface area (Å²) in [6, 6.07) is 5.48. The van der Waals surface area contributed by atoms with E-state index in [4.69, 9.17) is 12.2 Å². The molecule has 1 saturated carbocycles. The maximum atomic E-state index is 12.6. The molecule has 0 atom stereocenters. The highest BCUT2D eigenvalue weighted by atomic mass is 127. The van der Waals surface area contributed by atoms with Crippen molar-refractivity contribution in [2.45, 2.75) is 38.1 Å². The molecule has 0 aromatic heterocycles. The quantitative estimate of drug-likeness (QED) is 0.431. The van der Waals surface area contributed by atoms with Crippen LogP contribution in [0.25, 0.3) is 6.08 Å². The first-order chi connectivity index (χ1) is 10.6. The molecule has 116 valence electrons. The largest absolute Gasteiger partial charge is 0.507 e. The van der Waals surface area contributed by atoms with Gasteiger partial charge in [-0.15, -0.1) is 0 Å². The molecule has 0 unspecified atom stereocenters. The van der Waals surface area contributed by atoms with Gasteiger partial charge in [0.1, 0.15) is 11.4 Å². The number of nitrogens with one attached hydrogen (secondary N) is 1. The molecule has 0 bridgehead atoms. The molecule has 3 rings (SSSR count). The third-order valence-electron chi connectivity index (χ3n) is 4.13. The van der Waals surface area contributed by atoms with Crippen LogP contribution in [0.5, 0.6) is 5.75 Å². The van der Waals surface area contributed by atoms with Crippen LogP contribution < -0.4 is 5.32 Å². The van der Waals surface area contributed by atoms with E-state index in [0.29, 0.717) is 10.8 Å². The van der Waals surface area contributed by atoms with E-state index in [1.54, 1.807) is 23.1 Å². The second kappa shape index (κ2) is 6.54. The Morgan fingerprint density at radius 3 is 2.73 bits per heavy atom. The second-order valence-corrected chi connectivity index (χ2v) is 7.21. The lowest BCUT2D eigenvalue weighted by Gasteiger charge is -2.29. The number of hydrogen-bond donors (Lipinski definition) is 2. The van der Waals surface area contributed by atoms with E-state index in [1.807, 2.05) is 6.07 Å². The lowest BCUT2D eigenvalue weighted by atomic mass is 9.94. The summed E-state index contributed by atoms with van der Waals surface area (Å²) in [6.07, 6.45) is 7.40. The van der Waals surface area contributed by atoms with Crippen LogP contribution in [-0.2, 0) is 4.79 Å². The van der Waals surface area contributed by atoms with Crippen LogP contribution >= 0.6 is 34.8 Å². The first kappa shape index (κ1) is 15.7. The van der Waals surface area contributed by atoms with Crippen LogP contribution in [0.4, 0.5) is 0 Å². The smallest absolute Gasteiger partial charge is 0.276 e. The van der Waals surface area contributed by atoms with Gasteiger partial charge in [-0.3, -0.25) is 9.69 Å². The number of aromatic hydroxyl groups is 1. The minimum atomic E-state index is -0.0417. The Morgan fingerprint density at radius 1 is 1.32 bits per heavy atom. The van der Waals surface area contributed by atoms with Gasteiger partial charge in [0.15, 0.2) is 5.11 Å². The Labute approximate surface area is 148 Å². The predicted octanol–water partition coefficient (Wildman–Crippen LogP) is 3.39. The monoisotopic (exact) mass is 428 g/mol. The molecule has 2 N–H and O–H groups in total. The van der Waals surface area contributed by atoms with Crippen molar-refractivity contribution in [2.75, 3.05) is 0 Å². The Morgan fingerprint density at radius 2 is 2.05 bits per heavy atom. The van der Waals surface area contributed by atoms with Gasteiger partial charge in [0.05, 0.1) is 3.57 Å². The number of phenols is 1. The molecule has 22 heavy (non-hydrogen) atoms. The zero-order valence-corrected chi connectivity index (χ0v) is 15.0. The third kappa shape index (κ3) is 3.12. The van der Waals surface area contributed by atoms with E-state index in [-0.39, 0.29) is 17.7 Å². The van der Waals surface area contributed by atoms with Crippen molar-refractivity contribution in [3.05, 3.63) is 33.0 Å². The fraction of sp³-hybridized carbons (Fsp3) is 0.375. The number of hydrogen-bond acceptors (Lipinski definition) is 3. The number of amides is 1. The number of halogens is 1.